The third-order valence-corrected chi connectivity index (χ3v) is 2.93. The van der Waals surface area contributed by atoms with Gasteiger partial charge < -0.3 is 5.32 Å². The lowest BCUT2D eigenvalue weighted by Gasteiger charge is -2.10. The van der Waals surface area contributed by atoms with E-state index in [1.54, 1.807) is 6.07 Å². The first-order valence-electron chi connectivity index (χ1n) is 4.77. The zero-order valence-corrected chi connectivity index (χ0v) is 11.2. The van der Waals surface area contributed by atoms with E-state index in [1.165, 1.54) is 18.3 Å². The standard InChI is InChI=1S/C11H8BrClFN3/c1-6-2-3-7(14)4-9(6)16-10-8(12)5-15-11(13)17-10/h2-5H,1H3,(H,15,16,17). The molecule has 0 bridgehead atoms. The average molecular weight is 317 g/mol. The van der Waals surface area contributed by atoms with Crippen molar-refractivity contribution < 1.29 is 4.39 Å². The minimum absolute atomic E-state index is 0.129. The predicted molar refractivity (Wildman–Crippen MR) is 69.2 cm³/mol. The summed E-state index contributed by atoms with van der Waals surface area (Å²) in [7, 11) is 0. The van der Waals surface area contributed by atoms with Gasteiger partial charge in [0.2, 0.25) is 5.28 Å². The fourth-order valence-electron chi connectivity index (χ4n) is 1.29. The van der Waals surface area contributed by atoms with Crippen LogP contribution in [-0.4, -0.2) is 9.97 Å². The Bertz CT molecular complexity index is 513. The van der Waals surface area contributed by atoms with Crippen LogP contribution in [0.2, 0.25) is 5.28 Å². The molecule has 0 saturated heterocycles. The Morgan fingerprint density at radius 1 is 1.41 bits per heavy atom. The molecule has 0 aliphatic carbocycles. The summed E-state index contributed by atoms with van der Waals surface area (Å²) < 4.78 is 13.8. The van der Waals surface area contributed by atoms with E-state index in [9.17, 15) is 4.39 Å². The van der Waals surface area contributed by atoms with Gasteiger partial charge in [0.1, 0.15) is 11.6 Å². The molecule has 6 heteroatoms. The number of aromatic nitrogens is 2. The van der Waals surface area contributed by atoms with Crippen molar-refractivity contribution in [2.75, 3.05) is 5.32 Å². The molecule has 1 N–H and O–H groups in total. The molecule has 0 spiro atoms. The second-order valence-electron chi connectivity index (χ2n) is 3.42. The summed E-state index contributed by atoms with van der Waals surface area (Å²) in [6, 6.07) is 4.49. The summed E-state index contributed by atoms with van der Waals surface area (Å²) in [4.78, 5) is 7.83. The third-order valence-electron chi connectivity index (χ3n) is 2.17. The number of benzene rings is 1. The van der Waals surface area contributed by atoms with E-state index in [1.807, 2.05) is 6.92 Å². The van der Waals surface area contributed by atoms with Gasteiger partial charge in [0.15, 0.2) is 0 Å². The second-order valence-corrected chi connectivity index (χ2v) is 4.61. The van der Waals surface area contributed by atoms with E-state index < -0.39 is 0 Å². The molecule has 1 heterocycles. The van der Waals surface area contributed by atoms with Crippen LogP contribution in [0.25, 0.3) is 0 Å². The molecule has 0 saturated carbocycles. The highest BCUT2D eigenvalue weighted by atomic mass is 79.9. The maximum absolute atomic E-state index is 13.1. The van der Waals surface area contributed by atoms with Crippen molar-refractivity contribution in [3.8, 4) is 0 Å². The van der Waals surface area contributed by atoms with Gasteiger partial charge in [0.05, 0.1) is 4.47 Å². The summed E-state index contributed by atoms with van der Waals surface area (Å²) in [5.41, 5.74) is 1.55. The van der Waals surface area contributed by atoms with Crippen molar-refractivity contribution in [2.45, 2.75) is 6.92 Å². The summed E-state index contributed by atoms with van der Waals surface area (Å²) >= 11 is 8.99. The first kappa shape index (κ1) is 12.3. The van der Waals surface area contributed by atoms with Crippen LogP contribution in [0, 0.1) is 12.7 Å². The molecule has 0 unspecified atom stereocenters. The fourth-order valence-corrected chi connectivity index (χ4v) is 1.71. The average Bonchev–Trinajstić information content (AvgIpc) is 2.28. The second kappa shape index (κ2) is 4.98. The van der Waals surface area contributed by atoms with E-state index in [4.69, 9.17) is 11.6 Å². The molecule has 0 atom stereocenters. The van der Waals surface area contributed by atoms with Crippen molar-refractivity contribution >= 4 is 39.0 Å². The van der Waals surface area contributed by atoms with Crippen molar-refractivity contribution in [3.05, 3.63) is 45.5 Å². The zero-order chi connectivity index (χ0) is 12.4. The SMILES string of the molecule is Cc1ccc(F)cc1Nc1nc(Cl)ncc1Br. The molecular weight excluding hydrogens is 308 g/mol. The van der Waals surface area contributed by atoms with Crippen LogP contribution < -0.4 is 5.32 Å². The number of anilines is 2. The van der Waals surface area contributed by atoms with E-state index in [-0.39, 0.29) is 11.1 Å². The molecule has 2 rings (SSSR count). The van der Waals surface area contributed by atoms with Crippen molar-refractivity contribution in [1.82, 2.24) is 9.97 Å². The van der Waals surface area contributed by atoms with E-state index in [2.05, 4.69) is 31.2 Å². The number of hydrogen-bond donors (Lipinski definition) is 1. The molecular formula is C11H8BrClFN3. The Hall–Kier alpha value is -1.20. The van der Waals surface area contributed by atoms with Crippen LogP contribution in [0.5, 0.6) is 0 Å². The monoisotopic (exact) mass is 315 g/mol. The summed E-state index contributed by atoms with van der Waals surface area (Å²) in [5, 5.41) is 3.13. The maximum Gasteiger partial charge on any atom is 0.224 e. The van der Waals surface area contributed by atoms with Crippen LogP contribution in [0.1, 0.15) is 5.56 Å². The van der Waals surface area contributed by atoms with E-state index in [0.717, 1.165) is 5.56 Å². The zero-order valence-electron chi connectivity index (χ0n) is 8.84. The van der Waals surface area contributed by atoms with Gasteiger partial charge in [-0.3, -0.25) is 0 Å². The van der Waals surface area contributed by atoms with Gasteiger partial charge in [-0.25, -0.2) is 9.37 Å². The molecule has 88 valence electrons. The molecule has 3 nitrogen and oxygen atoms in total. The first-order valence-corrected chi connectivity index (χ1v) is 5.94. The lowest BCUT2D eigenvalue weighted by atomic mass is 10.2. The molecule has 17 heavy (non-hydrogen) atoms. The number of aryl methyl sites for hydroxylation is 1. The van der Waals surface area contributed by atoms with Crippen molar-refractivity contribution in [2.24, 2.45) is 0 Å². The first-order chi connectivity index (χ1) is 8.06. The van der Waals surface area contributed by atoms with Crippen molar-refractivity contribution in [3.63, 3.8) is 0 Å². The molecule has 0 aliphatic rings. The quantitative estimate of drug-likeness (QED) is 0.848. The summed E-state index contributed by atoms with van der Waals surface area (Å²) in [5.74, 6) is 0.188. The molecule has 1 aromatic carbocycles. The summed E-state index contributed by atoms with van der Waals surface area (Å²) in [6.07, 6.45) is 1.53. The summed E-state index contributed by atoms with van der Waals surface area (Å²) in [6.45, 7) is 1.87. The molecule has 0 aliphatic heterocycles. The lowest BCUT2D eigenvalue weighted by Crippen LogP contribution is -1.98. The smallest absolute Gasteiger partial charge is 0.224 e. The van der Waals surface area contributed by atoms with Crippen LogP contribution in [0.3, 0.4) is 0 Å². The number of rotatable bonds is 2. The largest absolute Gasteiger partial charge is 0.339 e. The Labute approximate surface area is 111 Å². The van der Waals surface area contributed by atoms with Gasteiger partial charge in [0, 0.05) is 11.9 Å². The molecule has 2 aromatic rings. The van der Waals surface area contributed by atoms with Gasteiger partial charge in [-0.2, -0.15) is 4.98 Å². The highest BCUT2D eigenvalue weighted by molar-refractivity contribution is 9.10. The lowest BCUT2D eigenvalue weighted by molar-refractivity contribution is 0.628. The van der Waals surface area contributed by atoms with Gasteiger partial charge in [0.25, 0.3) is 0 Å². The van der Waals surface area contributed by atoms with Gasteiger partial charge in [-0.05, 0) is 52.2 Å². The molecule has 0 fully saturated rings. The Kier molecular flexibility index (Phi) is 3.59. The number of nitrogens with one attached hydrogen (secondary N) is 1. The molecule has 0 radical (unpaired) electrons. The van der Waals surface area contributed by atoms with E-state index in [0.29, 0.717) is 16.0 Å². The minimum atomic E-state index is -0.311. The third kappa shape index (κ3) is 2.92. The number of halogens is 3. The fraction of sp³-hybridized carbons (Fsp3) is 0.0909. The maximum atomic E-state index is 13.1. The topological polar surface area (TPSA) is 37.8 Å². The van der Waals surface area contributed by atoms with E-state index >= 15 is 0 Å². The Morgan fingerprint density at radius 3 is 2.94 bits per heavy atom. The van der Waals surface area contributed by atoms with Crippen LogP contribution in [0.15, 0.2) is 28.9 Å². The highest BCUT2D eigenvalue weighted by Crippen LogP contribution is 2.26. The predicted octanol–water partition coefficient (Wildman–Crippen LogP) is 4.08. The van der Waals surface area contributed by atoms with Crippen LogP contribution >= 0.6 is 27.5 Å². The van der Waals surface area contributed by atoms with Gasteiger partial charge >= 0.3 is 0 Å². The number of nitrogens with zero attached hydrogens (tertiary/aromatic N) is 2. The normalized spacial score (nSPS) is 10.4. The van der Waals surface area contributed by atoms with Gasteiger partial charge in [-0.15, -0.1) is 0 Å². The van der Waals surface area contributed by atoms with Crippen molar-refractivity contribution in [1.29, 1.82) is 0 Å². The Balaban J connectivity index is 2.37. The van der Waals surface area contributed by atoms with Gasteiger partial charge in [-0.1, -0.05) is 6.07 Å². The highest BCUT2D eigenvalue weighted by Gasteiger charge is 2.06. The molecule has 1 aromatic heterocycles. The van der Waals surface area contributed by atoms with Crippen LogP contribution in [0.4, 0.5) is 15.9 Å². The number of hydrogen-bond acceptors (Lipinski definition) is 3. The molecule has 0 amide bonds. The Morgan fingerprint density at radius 2 is 2.18 bits per heavy atom. The minimum Gasteiger partial charge on any atom is -0.339 e. The van der Waals surface area contributed by atoms with Crippen LogP contribution in [-0.2, 0) is 0 Å².